The monoisotopic (exact) mass is 128 g/mol. The van der Waals surface area contributed by atoms with Crippen molar-refractivity contribution in [3.8, 4) is 0 Å². The summed E-state index contributed by atoms with van der Waals surface area (Å²) in [5, 5.41) is 0. The quantitative estimate of drug-likeness (QED) is 0.357. The Labute approximate surface area is 59.2 Å². The van der Waals surface area contributed by atoms with Crippen LogP contribution in [0.5, 0.6) is 0 Å². The Morgan fingerprint density at radius 3 is 1.25 bits per heavy atom. The fourth-order valence-electron chi connectivity index (χ4n) is 0. The summed E-state index contributed by atoms with van der Waals surface area (Å²) < 4.78 is 8.28. The van der Waals surface area contributed by atoms with Gasteiger partial charge >= 0.3 is 43.1 Å². The second-order valence-corrected chi connectivity index (χ2v) is 0. The van der Waals surface area contributed by atoms with Gasteiger partial charge in [0, 0.05) is 16.5 Å². The van der Waals surface area contributed by atoms with Gasteiger partial charge in [-0.1, -0.05) is 0 Å². The predicted molar refractivity (Wildman–Crippen MR) is 16.4 cm³/mol. The topological polar surface area (TPSA) is 17.1 Å². The fourth-order valence-corrected chi connectivity index (χ4v) is 0. The zero-order chi connectivity index (χ0) is 2.00. The summed E-state index contributed by atoms with van der Waals surface area (Å²) in [6.07, 6.45) is 0. The van der Waals surface area contributed by atoms with Crippen LogP contribution in [0.25, 0.3) is 0 Å². The van der Waals surface area contributed by atoms with Gasteiger partial charge in [0.2, 0.25) is 0 Å². The molecule has 0 heterocycles. The molecule has 0 bridgehead atoms. The molecule has 4 heteroatoms. The van der Waals surface area contributed by atoms with Crippen molar-refractivity contribution in [2.75, 3.05) is 0 Å². The van der Waals surface area contributed by atoms with Gasteiger partial charge in [-0.25, -0.2) is 0 Å². The first-order chi connectivity index (χ1) is 1.00. The number of rotatable bonds is 0. The van der Waals surface area contributed by atoms with Crippen LogP contribution in [-0.4, -0.2) is 39.3 Å². The van der Waals surface area contributed by atoms with E-state index in [1.165, 1.54) is 0 Å². The van der Waals surface area contributed by atoms with E-state index in [1.807, 2.05) is 0 Å². The van der Waals surface area contributed by atoms with Gasteiger partial charge in [0.15, 0.2) is 0 Å². The third-order valence-corrected chi connectivity index (χ3v) is 0. The first kappa shape index (κ1) is 17.6. The zero-order valence-electron chi connectivity index (χ0n) is 1.43. The second kappa shape index (κ2) is 23.4. The van der Waals surface area contributed by atoms with Crippen LogP contribution in [-0.2, 0) is 20.3 Å². The van der Waals surface area contributed by atoms with E-state index in [4.69, 9.17) is 3.80 Å². The van der Waals surface area contributed by atoms with E-state index < -0.39 is 0 Å². The van der Waals surface area contributed by atoms with Crippen molar-refractivity contribution in [1.29, 1.82) is 0 Å². The molecule has 4 heavy (non-hydrogen) atoms. The molecule has 0 fully saturated rings. The van der Waals surface area contributed by atoms with Crippen molar-refractivity contribution in [2.24, 2.45) is 0 Å². The van der Waals surface area contributed by atoms with E-state index in [9.17, 15) is 0 Å². The molecule has 24 valence electrons. The van der Waals surface area contributed by atoms with Gasteiger partial charge in [-0.05, 0) is 0 Å². The van der Waals surface area contributed by atoms with Crippen molar-refractivity contribution in [3.05, 3.63) is 0 Å². The van der Waals surface area contributed by atoms with Crippen LogP contribution < -0.4 is 0 Å². The average Bonchev–Trinajstić information content (AvgIpc) is 1.00. The van der Waals surface area contributed by atoms with Crippen LogP contribution in [0, 0.1) is 0 Å². The van der Waals surface area contributed by atoms with Gasteiger partial charge in [-0.3, -0.25) is 0 Å². The Kier molecular flexibility index (Phi) is 103. The Morgan fingerprint density at radius 2 is 1.25 bits per heavy atom. The van der Waals surface area contributed by atoms with Crippen molar-refractivity contribution in [2.45, 2.75) is 0 Å². The molecule has 0 amide bonds. The van der Waals surface area contributed by atoms with E-state index in [0.29, 0.717) is 16.2 Å². The van der Waals surface area contributed by atoms with Crippen molar-refractivity contribution >= 4 is 39.3 Å². The summed E-state index contributed by atoms with van der Waals surface area (Å²) in [5.74, 6) is 0. The second-order valence-electron chi connectivity index (χ2n) is 0. The SMILES string of the molecule is [MgH2].[Ni].[O]=[AlH]. The maximum atomic E-state index is 8.28. The number of hydrogen-bond donors (Lipinski definition) is 0. The van der Waals surface area contributed by atoms with Crippen molar-refractivity contribution in [3.63, 3.8) is 0 Å². The molecule has 1 nitrogen and oxygen atoms in total. The molecule has 0 aliphatic rings. The third kappa shape index (κ3) is 9.52. The summed E-state index contributed by atoms with van der Waals surface area (Å²) in [6, 6.07) is 0. The first-order valence-electron chi connectivity index (χ1n) is 0.289. The minimum absolute atomic E-state index is 0. The molecule has 0 saturated heterocycles. The normalized spacial score (nSPS) is 0.750. The van der Waals surface area contributed by atoms with Crippen LogP contribution in [0.4, 0.5) is 0 Å². The van der Waals surface area contributed by atoms with E-state index in [0.717, 1.165) is 0 Å². The Hall–Kier alpha value is 1.59. The van der Waals surface area contributed by atoms with E-state index in [1.54, 1.807) is 0 Å². The molecule has 0 N–H and O–H groups in total. The molecule has 0 rings (SSSR count). The van der Waals surface area contributed by atoms with E-state index in [2.05, 4.69) is 0 Å². The van der Waals surface area contributed by atoms with Crippen LogP contribution in [0.2, 0.25) is 0 Å². The Bertz CT molecular complexity index is 8.00. The molecule has 0 atom stereocenters. The maximum absolute atomic E-state index is 8.28. The predicted octanol–water partition coefficient (Wildman–Crippen LogP) is -1.69. The van der Waals surface area contributed by atoms with Crippen LogP contribution in [0.1, 0.15) is 0 Å². The van der Waals surface area contributed by atoms with Crippen LogP contribution in [0.3, 0.4) is 0 Å². The van der Waals surface area contributed by atoms with Gasteiger partial charge in [0.05, 0.1) is 0 Å². The summed E-state index contributed by atoms with van der Waals surface area (Å²) in [4.78, 5) is 0. The summed E-state index contributed by atoms with van der Waals surface area (Å²) in [7, 11) is 0. The standard InChI is InChI=1S/Al.Mg.Ni.O.3H. The zero-order valence-corrected chi connectivity index (χ0v) is 3.83. The fraction of sp³-hybridized carbons (Fsp3) is 0. The van der Waals surface area contributed by atoms with Crippen molar-refractivity contribution in [1.82, 2.24) is 0 Å². The van der Waals surface area contributed by atoms with Crippen LogP contribution in [0.15, 0.2) is 0 Å². The molecule has 0 spiro atoms. The molecule has 0 aromatic carbocycles. The molecule has 0 aromatic rings. The van der Waals surface area contributed by atoms with Gasteiger partial charge < -0.3 is 0 Å². The van der Waals surface area contributed by atoms with Gasteiger partial charge in [-0.15, -0.1) is 0 Å². The van der Waals surface area contributed by atoms with E-state index in [-0.39, 0.29) is 39.5 Å². The molecule has 0 aliphatic carbocycles. The molecular weight excluding hydrogens is 126 g/mol. The van der Waals surface area contributed by atoms with Gasteiger partial charge in [0.1, 0.15) is 0 Å². The molecule has 0 unspecified atom stereocenters. The Morgan fingerprint density at radius 1 is 1.25 bits per heavy atom. The molecule has 0 radical (unpaired) electrons. The van der Waals surface area contributed by atoms with E-state index >= 15 is 0 Å². The van der Waals surface area contributed by atoms with Crippen molar-refractivity contribution < 1.29 is 20.3 Å². The van der Waals surface area contributed by atoms with Gasteiger partial charge in [-0.2, -0.15) is 0 Å². The van der Waals surface area contributed by atoms with Gasteiger partial charge in [0.25, 0.3) is 0 Å². The number of hydrogen-bond acceptors (Lipinski definition) is 1. The molecule has 0 aliphatic heterocycles. The minimum atomic E-state index is 0. The summed E-state index contributed by atoms with van der Waals surface area (Å²) >= 11 is 0.611. The molecular formula is H3AlMgNiO. The summed E-state index contributed by atoms with van der Waals surface area (Å²) in [5.41, 5.74) is 0. The molecule has 0 saturated carbocycles. The van der Waals surface area contributed by atoms with Crippen LogP contribution >= 0.6 is 0 Å². The average molecular weight is 129 g/mol. The third-order valence-electron chi connectivity index (χ3n) is 0. The summed E-state index contributed by atoms with van der Waals surface area (Å²) in [6.45, 7) is 0. The Balaban J connectivity index is -0.00000000500. The molecule has 0 aromatic heterocycles. The first-order valence-corrected chi connectivity index (χ1v) is 0.866.